The van der Waals surface area contributed by atoms with Crippen LogP contribution in [0.25, 0.3) is 0 Å². The first-order chi connectivity index (χ1) is 14.0. The van der Waals surface area contributed by atoms with Gasteiger partial charge in [0.15, 0.2) is 0 Å². The minimum atomic E-state index is -0.475. The maximum atomic E-state index is 10.5. The Morgan fingerprint density at radius 1 is 0.933 bits per heavy atom. The van der Waals surface area contributed by atoms with Gasteiger partial charge in [0.2, 0.25) is 0 Å². The third-order valence-electron chi connectivity index (χ3n) is 8.28. The van der Waals surface area contributed by atoms with E-state index in [4.69, 9.17) is 4.74 Å². The van der Waals surface area contributed by atoms with E-state index < -0.39 is 6.10 Å². The first-order valence-corrected chi connectivity index (χ1v) is 12.2. The molecule has 0 radical (unpaired) electrons. The van der Waals surface area contributed by atoms with Crippen molar-refractivity contribution >= 4 is 0 Å². The zero-order chi connectivity index (χ0) is 21.7. The molecule has 0 spiro atoms. The van der Waals surface area contributed by atoms with Gasteiger partial charge in [-0.25, -0.2) is 0 Å². The normalized spacial score (nSPS) is 36.1. The lowest BCUT2D eigenvalue weighted by Gasteiger charge is -2.65. The Kier molecular flexibility index (Phi) is 5.77. The number of aliphatic hydroxyl groups is 1. The van der Waals surface area contributed by atoms with Crippen LogP contribution in [0.3, 0.4) is 0 Å². The summed E-state index contributed by atoms with van der Waals surface area (Å²) in [5.74, 6) is 1.78. The maximum Gasteiger partial charge on any atom is 0.119 e. The summed E-state index contributed by atoms with van der Waals surface area (Å²) in [6, 6.07) is 9.74. The highest BCUT2D eigenvalue weighted by Crippen LogP contribution is 2.69. The summed E-state index contributed by atoms with van der Waals surface area (Å²) in [5.41, 5.74) is 2.96. The number of hydrogen-bond donors (Lipinski definition) is 1. The monoisotopic (exact) mass is 413 g/mol. The van der Waals surface area contributed by atoms with Crippen molar-refractivity contribution in [2.75, 3.05) is 13.2 Å². The van der Waals surface area contributed by atoms with Gasteiger partial charge in [0.05, 0.1) is 0 Å². The van der Waals surface area contributed by atoms with Crippen LogP contribution in [0.5, 0.6) is 5.75 Å². The smallest absolute Gasteiger partial charge is 0.119 e. The lowest BCUT2D eigenvalue weighted by Crippen LogP contribution is -2.56. The van der Waals surface area contributed by atoms with Crippen molar-refractivity contribution in [1.82, 2.24) is 4.90 Å². The molecule has 1 N–H and O–H groups in total. The van der Waals surface area contributed by atoms with Crippen molar-refractivity contribution in [3.8, 4) is 5.75 Å². The Bertz CT molecular complexity index is 714. The Hall–Kier alpha value is -1.06. The molecule has 30 heavy (non-hydrogen) atoms. The average Bonchev–Trinajstić information content (AvgIpc) is 2.61. The van der Waals surface area contributed by atoms with Gasteiger partial charge in [0.25, 0.3) is 0 Å². The Morgan fingerprint density at radius 2 is 1.50 bits per heavy atom. The summed E-state index contributed by atoms with van der Waals surface area (Å²) >= 11 is 0. The summed E-state index contributed by atoms with van der Waals surface area (Å²) in [6.45, 7) is 14.8. The van der Waals surface area contributed by atoms with Crippen molar-refractivity contribution in [2.24, 2.45) is 16.7 Å². The largest absolute Gasteiger partial charge is 0.491 e. The van der Waals surface area contributed by atoms with Crippen LogP contribution in [0.4, 0.5) is 0 Å². The van der Waals surface area contributed by atoms with Crippen molar-refractivity contribution in [2.45, 2.75) is 104 Å². The summed E-state index contributed by atoms with van der Waals surface area (Å²) in [5, 5.41) is 10.5. The lowest BCUT2D eigenvalue weighted by atomic mass is 9.39. The van der Waals surface area contributed by atoms with Gasteiger partial charge in [0, 0.05) is 18.6 Å². The molecule has 168 valence electrons. The van der Waals surface area contributed by atoms with E-state index in [1.165, 1.54) is 44.1 Å². The van der Waals surface area contributed by atoms with Crippen LogP contribution in [0, 0.1) is 16.7 Å². The Labute approximate surface area is 184 Å². The van der Waals surface area contributed by atoms with Gasteiger partial charge in [0.1, 0.15) is 18.5 Å². The minimum Gasteiger partial charge on any atom is -0.491 e. The molecule has 4 aliphatic rings. The predicted molar refractivity (Wildman–Crippen MR) is 124 cm³/mol. The van der Waals surface area contributed by atoms with Crippen LogP contribution in [-0.4, -0.2) is 41.3 Å². The lowest BCUT2D eigenvalue weighted by molar-refractivity contribution is -0.110. The highest BCUT2D eigenvalue weighted by Gasteiger charge is 2.60. The van der Waals surface area contributed by atoms with E-state index in [-0.39, 0.29) is 0 Å². The fourth-order valence-electron chi connectivity index (χ4n) is 8.18. The molecule has 4 fully saturated rings. The zero-order valence-electron chi connectivity index (χ0n) is 20.1. The quantitative estimate of drug-likeness (QED) is 0.585. The number of aliphatic hydroxyl groups excluding tert-OH is 1. The first-order valence-electron chi connectivity index (χ1n) is 12.2. The van der Waals surface area contributed by atoms with E-state index in [9.17, 15) is 5.11 Å². The van der Waals surface area contributed by atoms with E-state index in [2.05, 4.69) is 70.7 Å². The van der Waals surface area contributed by atoms with Crippen LogP contribution in [0.1, 0.15) is 85.6 Å². The second-order valence-electron chi connectivity index (χ2n) is 12.3. The Morgan fingerprint density at radius 3 is 2.00 bits per heavy atom. The van der Waals surface area contributed by atoms with E-state index in [0.29, 0.717) is 41.5 Å². The first kappa shape index (κ1) is 22.1. The van der Waals surface area contributed by atoms with E-state index >= 15 is 0 Å². The van der Waals surface area contributed by atoms with Crippen LogP contribution in [0.15, 0.2) is 24.3 Å². The molecule has 3 nitrogen and oxygen atoms in total. The molecule has 1 aromatic carbocycles. The highest BCUT2D eigenvalue weighted by atomic mass is 16.5. The fraction of sp³-hybridized carbons (Fsp3) is 0.778. The van der Waals surface area contributed by atoms with Crippen LogP contribution < -0.4 is 4.74 Å². The topological polar surface area (TPSA) is 32.7 Å². The van der Waals surface area contributed by atoms with E-state index in [0.717, 1.165) is 11.7 Å². The molecule has 5 rings (SSSR count). The van der Waals surface area contributed by atoms with Gasteiger partial charge in [-0.3, -0.25) is 4.90 Å². The third-order valence-corrected chi connectivity index (χ3v) is 8.28. The van der Waals surface area contributed by atoms with Crippen molar-refractivity contribution in [3.05, 3.63) is 29.8 Å². The molecule has 0 amide bonds. The molecule has 3 heteroatoms. The maximum absolute atomic E-state index is 10.5. The molecule has 4 aliphatic carbocycles. The van der Waals surface area contributed by atoms with Crippen LogP contribution in [-0.2, 0) is 5.41 Å². The number of ether oxygens (including phenoxy) is 1. The highest BCUT2D eigenvalue weighted by molar-refractivity contribution is 5.36. The molecule has 4 bridgehead atoms. The number of hydrogen-bond acceptors (Lipinski definition) is 3. The van der Waals surface area contributed by atoms with Gasteiger partial charge in [-0.05, 0) is 106 Å². The molecule has 0 aliphatic heterocycles. The van der Waals surface area contributed by atoms with Gasteiger partial charge < -0.3 is 9.84 Å². The molecule has 3 unspecified atom stereocenters. The molecule has 1 aromatic rings. The summed E-state index contributed by atoms with van der Waals surface area (Å²) in [7, 11) is 0. The summed E-state index contributed by atoms with van der Waals surface area (Å²) < 4.78 is 5.97. The molecular weight excluding hydrogens is 370 g/mol. The van der Waals surface area contributed by atoms with Gasteiger partial charge in [-0.15, -0.1) is 0 Å². The number of benzene rings is 1. The number of nitrogens with zero attached hydrogens (tertiary/aromatic N) is 1. The van der Waals surface area contributed by atoms with Crippen molar-refractivity contribution in [1.29, 1.82) is 0 Å². The van der Waals surface area contributed by atoms with E-state index in [1.807, 2.05) is 0 Å². The summed E-state index contributed by atoms with van der Waals surface area (Å²) in [6.07, 6.45) is 7.90. The molecule has 0 heterocycles. The fourth-order valence-corrected chi connectivity index (χ4v) is 8.18. The molecule has 4 saturated carbocycles. The standard InChI is InChI=1S/C27H43NO2/c1-19(2)28(20(3)4)14-23(29)15-30-24-9-7-22(8-10-24)27-13-21-11-25(5,17-27)16-26(6,12-21)18-27/h7-10,19-21,23,29H,11-18H2,1-6H3/t21?,23?,25-,26+,27?. The van der Waals surface area contributed by atoms with E-state index in [1.54, 1.807) is 0 Å². The SMILES string of the molecule is CC(C)N(CC(O)COc1ccc(C23CC4C[C@@](C)(C2)C[C@](C)(C4)C3)cc1)C(C)C. The second kappa shape index (κ2) is 7.81. The minimum absolute atomic E-state index is 0.346. The molecule has 5 atom stereocenters. The molecular formula is C27H43NO2. The van der Waals surface area contributed by atoms with Crippen molar-refractivity contribution < 1.29 is 9.84 Å². The van der Waals surface area contributed by atoms with Crippen LogP contribution in [0.2, 0.25) is 0 Å². The Balaban J connectivity index is 1.39. The zero-order valence-corrected chi connectivity index (χ0v) is 20.1. The van der Waals surface area contributed by atoms with Gasteiger partial charge in [-0.1, -0.05) is 26.0 Å². The van der Waals surface area contributed by atoms with Gasteiger partial charge >= 0.3 is 0 Å². The van der Waals surface area contributed by atoms with Gasteiger partial charge in [-0.2, -0.15) is 0 Å². The molecule has 0 aromatic heterocycles. The second-order valence-corrected chi connectivity index (χ2v) is 12.3. The predicted octanol–water partition coefficient (Wildman–Crippen LogP) is 5.79. The van der Waals surface area contributed by atoms with Crippen LogP contribution >= 0.6 is 0 Å². The third kappa shape index (κ3) is 4.30. The number of rotatable bonds is 8. The van der Waals surface area contributed by atoms with Crippen molar-refractivity contribution in [3.63, 3.8) is 0 Å². The summed E-state index contributed by atoms with van der Waals surface area (Å²) in [4.78, 5) is 2.31. The average molecular weight is 414 g/mol. The molecule has 0 saturated heterocycles.